The average Bonchev–Trinajstić information content (AvgIpc) is 3.18. The lowest BCUT2D eigenvalue weighted by molar-refractivity contribution is -0.385. The minimum absolute atomic E-state index is 0.0298. The molecule has 0 aliphatic carbocycles. The Morgan fingerprint density at radius 2 is 1.88 bits per heavy atom. The molecule has 0 amide bonds. The van der Waals surface area contributed by atoms with Crippen molar-refractivity contribution < 1.29 is 24.1 Å². The van der Waals surface area contributed by atoms with Gasteiger partial charge in [-0.3, -0.25) is 29.7 Å². The van der Waals surface area contributed by atoms with Gasteiger partial charge in [0.05, 0.1) is 22.0 Å². The van der Waals surface area contributed by atoms with Gasteiger partial charge in [0.2, 0.25) is 11.5 Å². The van der Waals surface area contributed by atoms with Crippen molar-refractivity contribution in [1.29, 1.82) is 0 Å². The summed E-state index contributed by atoms with van der Waals surface area (Å²) in [4.78, 5) is 33.1. The number of rotatable bonds is 9. The number of nitrogens with zero attached hydrogens (tertiary/aromatic N) is 4. The highest BCUT2D eigenvalue weighted by molar-refractivity contribution is 6.32. The molecule has 0 aliphatic heterocycles. The first-order valence-electron chi connectivity index (χ1n) is 9.33. The Morgan fingerprint density at radius 3 is 2.52 bits per heavy atom. The van der Waals surface area contributed by atoms with E-state index in [9.17, 15) is 25.0 Å². The third-order valence-electron chi connectivity index (χ3n) is 4.48. The van der Waals surface area contributed by atoms with Crippen LogP contribution in [0.15, 0.2) is 48.7 Å². The van der Waals surface area contributed by atoms with Crippen LogP contribution < -0.4 is 9.47 Å². The summed E-state index contributed by atoms with van der Waals surface area (Å²) in [7, 11) is 2.97. The molecular formula is C21H17ClN4O7. The molecule has 1 heterocycles. The van der Waals surface area contributed by atoms with Crippen molar-refractivity contribution in [3.63, 3.8) is 0 Å². The summed E-state index contributed by atoms with van der Waals surface area (Å²) in [5.74, 6) is 0.147. The van der Waals surface area contributed by atoms with Crippen molar-refractivity contribution >= 4 is 34.8 Å². The molecule has 0 N–H and O–H groups in total. The van der Waals surface area contributed by atoms with Crippen molar-refractivity contribution in [2.45, 2.75) is 6.61 Å². The zero-order valence-electron chi connectivity index (χ0n) is 17.4. The van der Waals surface area contributed by atoms with Gasteiger partial charge in [-0.25, -0.2) is 0 Å². The Morgan fingerprint density at radius 1 is 1.15 bits per heavy atom. The zero-order valence-corrected chi connectivity index (χ0v) is 18.2. The highest BCUT2D eigenvalue weighted by atomic mass is 35.5. The Bertz CT molecular complexity index is 1270. The fourth-order valence-corrected chi connectivity index (χ4v) is 3.16. The highest BCUT2D eigenvalue weighted by Crippen LogP contribution is 2.30. The zero-order chi connectivity index (χ0) is 24.1. The molecule has 0 spiro atoms. The molecule has 0 fully saturated rings. The number of aromatic nitrogens is 2. The highest BCUT2D eigenvalue weighted by Gasteiger charge is 2.23. The second-order valence-corrected chi connectivity index (χ2v) is 7.13. The van der Waals surface area contributed by atoms with Gasteiger partial charge in [-0.1, -0.05) is 23.7 Å². The molecule has 0 aliphatic rings. The van der Waals surface area contributed by atoms with E-state index in [4.69, 9.17) is 21.1 Å². The standard InChI is InChI=1S/C21H17ClN4O7/c1-24-11-17(26(30)31)21(23-24)18(27)6-3-13-4-7-19(32-2)14(9-13)12-33-20-8-5-15(25(28)29)10-16(20)22/h3-11H,12H2,1-2H3/b6-3+. The van der Waals surface area contributed by atoms with Gasteiger partial charge in [-0.15, -0.1) is 0 Å². The quantitative estimate of drug-likeness (QED) is 0.193. The van der Waals surface area contributed by atoms with E-state index < -0.39 is 15.6 Å². The largest absolute Gasteiger partial charge is 0.496 e. The number of ether oxygens (including phenoxy) is 2. The monoisotopic (exact) mass is 472 g/mol. The molecule has 3 rings (SSSR count). The lowest BCUT2D eigenvalue weighted by Crippen LogP contribution is -2.01. The number of halogens is 1. The molecule has 0 saturated heterocycles. The fraction of sp³-hybridized carbons (Fsp3) is 0.143. The van der Waals surface area contributed by atoms with Gasteiger partial charge in [-0.05, 0) is 29.8 Å². The number of methoxy groups -OCH3 is 1. The Balaban J connectivity index is 1.79. The summed E-state index contributed by atoms with van der Waals surface area (Å²) in [6.45, 7) is 0.0298. The smallest absolute Gasteiger partial charge is 0.318 e. The Labute approximate surface area is 192 Å². The summed E-state index contributed by atoms with van der Waals surface area (Å²) < 4.78 is 12.2. The minimum atomic E-state index is -0.666. The van der Waals surface area contributed by atoms with Gasteiger partial charge in [0.15, 0.2) is 0 Å². The molecule has 0 atom stereocenters. The van der Waals surface area contributed by atoms with Gasteiger partial charge in [0.25, 0.3) is 5.69 Å². The number of nitro benzene ring substituents is 1. The third-order valence-corrected chi connectivity index (χ3v) is 4.78. The second kappa shape index (κ2) is 9.92. The van der Waals surface area contributed by atoms with E-state index in [0.29, 0.717) is 16.9 Å². The number of carbonyl (C=O) groups is 1. The molecule has 170 valence electrons. The van der Waals surface area contributed by atoms with E-state index in [2.05, 4.69) is 5.10 Å². The molecule has 0 unspecified atom stereocenters. The maximum atomic E-state index is 12.4. The fourth-order valence-electron chi connectivity index (χ4n) is 2.93. The molecule has 0 radical (unpaired) electrons. The first-order chi connectivity index (χ1) is 15.7. The number of benzene rings is 2. The van der Waals surface area contributed by atoms with Crippen LogP contribution in [-0.2, 0) is 13.7 Å². The lowest BCUT2D eigenvalue weighted by atomic mass is 10.1. The topological polar surface area (TPSA) is 140 Å². The van der Waals surface area contributed by atoms with Crippen LogP contribution in [0.4, 0.5) is 11.4 Å². The molecule has 33 heavy (non-hydrogen) atoms. The molecule has 1 aromatic heterocycles. The number of carbonyl (C=O) groups excluding carboxylic acids is 1. The molecule has 12 heteroatoms. The summed E-state index contributed by atoms with van der Waals surface area (Å²) in [6, 6.07) is 8.93. The molecule has 0 saturated carbocycles. The average molecular weight is 473 g/mol. The molecule has 3 aromatic rings. The second-order valence-electron chi connectivity index (χ2n) is 6.72. The Kier molecular flexibility index (Phi) is 7.04. The normalized spacial score (nSPS) is 10.9. The van der Waals surface area contributed by atoms with Gasteiger partial charge >= 0.3 is 5.69 Å². The van der Waals surface area contributed by atoms with Crippen molar-refractivity contribution in [3.05, 3.63) is 90.7 Å². The lowest BCUT2D eigenvalue weighted by Gasteiger charge is -2.12. The first kappa shape index (κ1) is 23.4. The maximum Gasteiger partial charge on any atom is 0.318 e. The van der Waals surface area contributed by atoms with Gasteiger partial charge < -0.3 is 9.47 Å². The van der Waals surface area contributed by atoms with E-state index in [1.165, 1.54) is 49.2 Å². The Hall–Kier alpha value is -4.25. The maximum absolute atomic E-state index is 12.4. The molecule has 2 aromatic carbocycles. The number of hydrogen-bond acceptors (Lipinski definition) is 8. The first-order valence-corrected chi connectivity index (χ1v) is 9.71. The predicted molar refractivity (Wildman–Crippen MR) is 119 cm³/mol. The number of hydrogen-bond donors (Lipinski definition) is 0. The summed E-state index contributed by atoms with van der Waals surface area (Å²) in [6.07, 6.45) is 3.84. The summed E-state index contributed by atoms with van der Waals surface area (Å²) in [5, 5.41) is 25.9. The van der Waals surface area contributed by atoms with Crippen molar-refractivity contribution in [2.75, 3.05) is 7.11 Å². The minimum Gasteiger partial charge on any atom is -0.496 e. The van der Waals surface area contributed by atoms with E-state index in [0.717, 1.165) is 6.20 Å². The SMILES string of the molecule is COc1ccc(/C=C/C(=O)c2nn(C)cc2[N+](=O)[O-])cc1COc1ccc([N+](=O)[O-])cc1Cl. The predicted octanol–water partition coefficient (Wildman–Crippen LogP) is 4.37. The van der Waals surface area contributed by atoms with Crippen molar-refractivity contribution in [2.24, 2.45) is 7.05 Å². The van der Waals surface area contributed by atoms with Crippen molar-refractivity contribution in [1.82, 2.24) is 9.78 Å². The van der Waals surface area contributed by atoms with Crippen LogP contribution in [-0.4, -0.2) is 32.5 Å². The van der Waals surface area contributed by atoms with Crippen LogP contribution in [0.2, 0.25) is 5.02 Å². The molecule has 11 nitrogen and oxygen atoms in total. The van der Waals surface area contributed by atoms with Gasteiger partial charge in [0, 0.05) is 24.7 Å². The van der Waals surface area contributed by atoms with Crippen LogP contribution in [0.1, 0.15) is 21.6 Å². The summed E-state index contributed by atoms with van der Waals surface area (Å²) in [5.41, 5.74) is 0.427. The van der Waals surface area contributed by atoms with Crippen LogP contribution in [0.3, 0.4) is 0 Å². The van der Waals surface area contributed by atoms with Crippen LogP contribution >= 0.6 is 11.6 Å². The van der Waals surface area contributed by atoms with Gasteiger partial charge in [0.1, 0.15) is 24.3 Å². The van der Waals surface area contributed by atoms with Crippen LogP contribution in [0, 0.1) is 20.2 Å². The number of aryl methyl sites for hydroxylation is 1. The van der Waals surface area contributed by atoms with E-state index in [-0.39, 0.29) is 34.4 Å². The number of nitro groups is 2. The van der Waals surface area contributed by atoms with E-state index in [1.807, 2.05) is 0 Å². The number of ketones is 1. The number of non-ortho nitro benzene ring substituents is 1. The third kappa shape index (κ3) is 5.52. The van der Waals surface area contributed by atoms with E-state index in [1.54, 1.807) is 18.2 Å². The van der Waals surface area contributed by atoms with Gasteiger partial charge in [-0.2, -0.15) is 5.10 Å². The van der Waals surface area contributed by atoms with Crippen LogP contribution in [0.25, 0.3) is 6.08 Å². The van der Waals surface area contributed by atoms with Crippen LogP contribution in [0.5, 0.6) is 11.5 Å². The number of allylic oxidation sites excluding steroid dienone is 1. The summed E-state index contributed by atoms with van der Waals surface area (Å²) >= 11 is 6.06. The molecule has 0 bridgehead atoms. The molecular weight excluding hydrogens is 456 g/mol. The van der Waals surface area contributed by atoms with Crippen molar-refractivity contribution in [3.8, 4) is 11.5 Å². The van der Waals surface area contributed by atoms with E-state index >= 15 is 0 Å².